The number of carboxylic acids is 1. The minimum absolute atomic E-state index is 0.0258. The van der Waals surface area contributed by atoms with Crippen molar-refractivity contribution in [2.75, 3.05) is 6.61 Å². The van der Waals surface area contributed by atoms with Crippen molar-refractivity contribution in [3.05, 3.63) is 29.8 Å². The van der Waals surface area contributed by atoms with Crippen LogP contribution < -0.4 is 11.1 Å². The zero-order valence-corrected chi connectivity index (χ0v) is 20.7. The van der Waals surface area contributed by atoms with Crippen LogP contribution in [0.1, 0.15) is 25.5 Å². The molecule has 2 saturated heterocycles. The Labute approximate surface area is 215 Å². The molecular weight excluding hydrogens is 514 g/mol. The quantitative estimate of drug-likeness (QED) is 0.109. The lowest BCUT2D eigenvalue weighted by Crippen LogP contribution is -2.71. The Bertz CT molecular complexity index is 993. The molecule has 0 aliphatic carbocycles. The largest absolute Gasteiger partial charge is 0.508 e. The molecule has 206 valence electrons. The zero-order chi connectivity index (χ0) is 28.2. The predicted octanol–water partition coefficient (Wildman–Crippen LogP) is -3.36. The van der Waals surface area contributed by atoms with Gasteiger partial charge in [0.05, 0.1) is 6.61 Å². The smallest absolute Gasteiger partial charge is 0.327 e. The molecule has 8 atom stereocenters. The third-order valence-electron chi connectivity index (χ3n) is 5.93. The number of phenolic OH excluding ortho intramolecular Hbond substituents is 1. The van der Waals surface area contributed by atoms with Gasteiger partial charge < -0.3 is 56.5 Å². The van der Waals surface area contributed by atoms with Gasteiger partial charge in [-0.25, -0.2) is 4.79 Å². The molecule has 1 aromatic carbocycles. The van der Waals surface area contributed by atoms with Crippen LogP contribution in [0.2, 0.25) is 0 Å². The highest BCUT2D eigenvalue weighted by atomic mass is 32.2. The third kappa shape index (κ3) is 6.56. The van der Waals surface area contributed by atoms with Gasteiger partial charge in [-0.2, -0.15) is 0 Å². The van der Waals surface area contributed by atoms with Crippen molar-refractivity contribution in [3.63, 3.8) is 0 Å². The number of aliphatic carboxylic acids is 1. The van der Waals surface area contributed by atoms with Gasteiger partial charge in [-0.05, 0) is 31.5 Å². The second-order valence-corrected chi connectivity index (χ2v) is 10.8. The number of aliphatic hydroxyl groups excluding tert-OH is 5. The van der Waals surface area contributed by atoms with Crippen LogP contribution in [0.25, 0.3) is 0 Å². The number of nitrogens with zero attached hydrogens (tertiary/aromatic N) is 1. The molecule has 2 aliphatic heterocycles. The molecule has 37 heavy (non-hydrogen) atoms. The summed E-state index contributed by atoms with van der Waals surface area (Å²) < 4.78 is -0.648. The summed E-state index contributed by atoms with van der Waals surface area (Å²) in [5.41, 5.74) is 6.41. The molecule has 0 unspecified atom stereocenters. The summed E-state index contributed by atoms with van der Waals surface area (Å²) in [6.07, 6.45) is -6.84. The van der Waals surface area contributed by atoms with Gasteiger partial charge in [-0.15, -0.1) is 11.8 Å². The van der Waals surface area contributed by atoms with E-state index >= 15 is 0 Å². The average Bonchev–Trinajstić information content (AvgIpc) is 3.13. The molecule has 1 aromatic rings. The summed E-state index contributed by atoms with van der Waals surface area (Å²) in [5.74, 6) is -1.94. The fourth-order valence-electron chi connectivity index (χ4n) is 3.84. The molecule has 0 saturated carbocycles. The normalized spacial score (nSPS) is 25.8. The number of carbonyl (C=O) groups excluding carboxylic acids is 3. The number of fused-ring (bicyclic) bond motifs is 1. The van der Waals surface area contributed by atoms with Crippen molar-refractivity contribution in [1.82, 2.24) is 10.2 Å². The van der Waals surface area contributed by atoms with Gasteiger partial charge in [0.15, 0.2) is 6.29 Å². The molecule has 0 aromatic heterocycles. The van der Waals surface area contributed by atoms with Gasteiger partial charge in [-0.3, -0.25) is 9.59 Å². The Balaban J connectivity index is 0.000000341. The van der Waals surface area contributed by atoms with E-state index in [2.05, 4.69) is 5.32 Å². The first kappa shape index (κ1) is 30.4. The first-order valence-electron chi connectivity index (χ1n) is 11.0. The maximum atomic E-state index is 12.3. The van der Waals surface area contributed by atoms with E-state index in [4.69, 9.17) is 31.3 Å². The van der Waals surface area contributed by atoms with Crippen LogP contribution >= 0.6 is 11.8 Å². The van der Waals surface area contributed by atoms with Crippen molar-refractivity contribution in [3.8, 4) is 5.75 Å². The lowest BCUT2D eigenvalue weighted by atomic mass is 9.95. The van der Waals surface area contributed by atoms with Gasteiger partial charge in [0.2, 0.25) is 11.8 Å². The molecule has 0 spiro atoms. The van der Waals surface area contributed by atoms with E-state index in [9.17, 15) is 29.4 Å². The predicted molar refractivity (Wildman–Crippen MR) is 128 cm³/mol. The number of amides is 2. The number of carboxylic acid groups (broad SMARTS) is 1. The van der Waals surface area contributed by atoms with Crippen molar-refractivity contribution < 1.29 is 54.9 Å². The summed E-state index contributed by atoms with van der Waals surface area (Å²) >= 11 is 1.35. The Hall–Kier alpha value is -2.79. The molecule has 3 rings (SSSR count). The molecule has 2 aliphatic rings. The summed E-state index contributed by atoms with van der Waals surface area (Å²) in [5, 5.41) is 64.4. The summed E-state index contributed by atoms with van der Waals surface area (Å²) in [6.45, 7) is 2.77. The van der Waals surface area contributed by atoms with Crippen molar-refractivity contribution in [1.29, 1.82) is 0 Å². The van der Waals surface area contributed by atoms with Gasteiger partial charge >= 0.3 is 5.97 Å². The topological polar surface area (TPSA) is 251 Å². The van der Waals surface area contributed by atoms with Crippen LogP contribution in [0.4, 0.5) is 0 Å². The number of benzene rings is 1. The monoisotopic (exact) mass is 545 g/mol. The number of β-lactam (4-membered cyclic amide) rings is 1. The van der Waals surface area contributed by atoms with Crippen LogP contribution in [0.5, 0.6) is 5.75 Å². The van der Waals surface area contributed by atoms with E-state index in [-0.39, 0.29) is 12.0 Å². The molecule has 2 amide bonds. The SMILES string of the molecule is CC1(C)S[C@@H]2[C@H](NC(=O)[C@H](N)c3ccc(O)cc3)C(=O)N2[C@H]1C(=O)O.O=C[C@H](O)[C@@H](O)[C@H](O)[C@H](O)CO. The number of thioether (sulfide) groups is 1. The average molecular weight is 546 g/mol. The fraction of sp³-hybridized carbons (Fsp3) is 0.545. The first-order chi connectivity index (χ1) is 17.2. The molecular formula is C22H31N3O11S. The van der Waals surface area contributed by atoms with Crippen molar-refractivity contribution >= 4 is 35.8 Å². The highest BCUT2D eigenvalue weighted by Crippen LogP contribution is 2.50. The second-order valence-electron chi connectivity index (χ2n) is 9.01. The van der Waals surface area contributed by atoms with E-state index in [1.54, 1.807) is 13.8 Å². The molecule has 0 radical (unpaired) electrons. The zero-order valence-electron chi connectivity index (χ0n) is 19.9. The van der Waals surface area contributed by atoms with Crippen LogP contribution in [-0.4, -0.2) is 118 Å². The highest BCUT2D eigenvalue weighted by molar-refractivity contribution is 8.01. The number of aromatic hydroxyl groups is 1. The number of carbonyl (C=O) groups is 4. The van der Waals surface area contributed by atoms with Crippen molar-refractivity contribution in [2.45, 2.75) is 66.5 Å². The standard InChI is InChI=1S/C16H19N3O5S.C6H12O6/c1-16(2)11(15(23)24)19-13(22)10(14(19)25-16)18-12(21)9(17)7-3-5-8(20)6-4-7;7-1-3(9)5(11)6(12)4(10)2-8/h3-6,9-11,14,20H,17H2,1-2H3,(H,18,21)(H,23,24);1,3-6,8-12H,2H2/t9-,10-,11+,14-;3-,4+,5+,6+/m10/s1. The van der Waals surface area contributed by atoms with E-state index < -0.39 is 77.1 Å². The number of nitrogens with two attached hydrogens (primary N) is 1. The molecule has 14 nitrogen and oxygen atoms in total. The van der Waals surface area contributed by atoms with Crippen LogP contribution in [-0.2, 0) is 19.2 Å². The summed E-state index contributed by atoms with van der Waals surface area (Å²) in [6, 6.07) is 3.21. The maximum absolute atomic E-state index is 12.3. The van der Waals surface area contributed by atoms with Crippen LogP contribution in [0, 0.1) is 0 Å². The molecule has 2 heterocycles. The third-order valence-corrected chi connectivity index (χ3v) is 7.50. The fourth-order valence-corrected chi connectivity index (χ4v) is 5.47. The van der Waals surface area contributed by atoms with E-state index in [0.717, 1.165) is 0 Å². The highest BCUT2D eigenvalue weighted by Gasteiger charge is 2.64. The Kier molecular flexibility index (Phi) is 10.0. The van der Waals surface area contributed by atoms with Gasteiger partial charge in [0, 0.05) is 4.75 Å². The van der Waals surface area contributed by atoms with E-state index in [1.165, 1.54) is 40.9 Å². The molecule has 2 fully saturated rings. The number of aliphatic hydroxyl groups is 5. The number of aldehydes is 1. The van der Waals surface area contributed by atoms with Crippen molar-refractivity contribution in [2.24, 2.45) is 5.73 Å². The van der Waals surface area contributed by atoms with E-state index in [0.29, 0.717) is 5.56 Å². The maximum Gasteiger partial charge on any atom is 0.327 e. The number of rotatable bonds is 9. The number of hydrogen-bond acceptors (Lipinski definition) is 12. The number of phenols is 1. The summed E-state index contributed by atoms with van der Waals surface area (Å²) in [4.78, 5) is 47.4. The number of hydrogen-bond donors (Lipinski definition) is 9. The van der Waals surface area contributed by atoms with Gasteiger partial charge in [0.1, 0.15) is 53.7 Å². The molecule has 15 heteroatoms. The number of nitrogens with one attached hydrogen (secondary N) is 1. The first-order valence-corrected chi connectivity index (χ1v) is 11.9. The van der Waals surface area contributed by atoms with E-state index in [1.807, 2.05) is 0 Å². The lowest BCUT2D eigenvalue weighted by molar-refractivity contribution is -0.161. The Morgan fingerprint density at radius 2 is 1.73 bits per heavy atom. The van der Waals surface area contributed by atoms with Crippen LogP contribution in [0.15, 0.2) is 24.3 Å². The summed E-state index contributed by atoms with van der Waals surface area (Å²) in [7, 11) is 0. The minimum Gasteiger partial charge on any atom is -0.508 e. The van der Waals surface area contributed by atoms with Crippen LogP contribution in [0.3, 0.4) is 0 Å². The van der Waals surface area contributed by atoms with Gasteiger partial charge in [0.25, 0.3) is 0 Å². The molecule has 10 N–H and O–H groups in total. The van der Waals surface area contributed by atoms with Gasteiger partial charge in [-0.1, -0.05) is 12.1 Å². The lowest BCUT2D eigenvalue weighted by Gasteiger charge is -2.43. The molecule has 0 bridgehead atoms. The second kappa shape index (κ2) is 12.2. The Morgan fingerprint density at radius 1 is 1.16 bits per heavy atom. The minimum atomic E-state index is -1.79. The Morgan fingerprint density at radius 3 is 2.22 bits per heavy atom.